The lowest BCUT2D eigenvalue weighted by Gasteiger charge is -2.05. The molecule has 0 aliphatic heterocycles. The highest BCUT2D eigenvalue weighted by Gasteiger charge is 2.07. The van der Waals surface area contributed by atoms with Gasteiger partial charge in [0, 0.05) is 6.54 Å². The van der Waals surface area contributed by atoms with Gasteiger partial charge < -0.3 is 5.32 Å². The molecule has 1 N–H and O–H groups in total. The van der Waals surface area contributed by atoms with Crippen molar-refractivity contribution in [2.45, 2.75) is 34.6 Å². The van der Waals surface area contributed by atoms with Gasteiger partial charge >= 0.3 is 0 Å². The van der Waals surface area contributed by atoms with E-state index in [0.717, 1.165) is 29.4 Å². The zero-order chi connectivity index (χ0) is 12.1. The summed E-state index contributed by atoms with van der Waals surface area (Å²) in [4.78, 5) is 0. The topological polar surface area (TPSA) is 55.1 Å². The number of fused-ring (bicyclic) bond motifs is 1. The van der Waals surface area contributed by atoms with Gasteiger partial charge in [0.15, 0.2) is 5.82 Å². The maximum atomic E-state index is 4.33. The first-order valence-corrected chi connectivity index (χ1v) is 5.66. The molecular weight excluding hydrogens is 202 g/mol. The first-order chi connectivity index (χ1) is 7.72. The van der Waals surface area contributed by atoms with Crippen LogP contribution in [0.5, 0.6) is 0 Å². The van der Waals surface area contributed by atoms with Gasteiger partial charge in [0.25, 0.3) is 0 Å². The number of anilines is 1. The van der Waals surface area contributed by atoms with E-state index in [1.54, 1.807) is 4.52 Å². The second-order valence-electron chi connectivity index (χ2n) is 3.21. The minimum atomic E-state index is 0.787. The van der Waals surface area contributed by atoms with Gasteiger partial charge in [-0.2, -0.15) is 9.61 Å². The van der Waals surface area contributed by atoms with Crippen LogP contribution in [0.3, 0.4) is 0 Å². The summed E-state index contributed by atoms with van der Waals surface area (Å²) in [7, 11) is 0. The van der Waals surface area contributed by atoms with E-state index in [4.69, 9.17) is 0 Å². The van der Waals surface area contributed by atoms with Crippen molar-refractivity contribution in [1.29, 1.82) is 0 Å². The molecule has 5 nitrogen and oxygen atoms in total. The lowest BCUT2D eigenvalue weighted by atomic mass is 10.3. The largest absolute Gasteiger partial charge is 0.382 e. The molecule has 2 aromatic rings. The van der Waals surface area contributed by atoms with Gasteiger partial charge in [-0.15, -0.1) is 10.2 Å². The summed E-state index contributed by atoms with van der Waals surface area (Å²) in [6.07, 6.45) is 0. The molecular formula is C11H19N5. The van der Waals surface area contributed by atoms with E-state index in [9.17, 15) is 0 Å². The molecule has 88 valence electrons. The quantitative estimate of drug-likeness (QED) is 0.844. The standard InChI is InChI=1S/C9H13N5.C2H6/c1-4-10-8-5-6(2)13-14-7(3)11-12-9(8)14;1-2/h5,10H,4H2,1-3H3;1-2H3. The van der Waals surface area contributed by atoms with Crippen LogP contribution in [0, 0.1) is 13.8 Å². The molecule has 16 heavy (non-hydrogen) atoms. The van der Waals surface area contributed by atoms with Crippen LogP contribution < -0.4 is 5.32 Å². The molecule has 2 heterocycles. The van der Waals surface area contributed by atoms with Gasteiger partial charge in [0.05, 0.1) is 11.4 Å². The maximum Gasteiger partial charge on any atom is 0.200 e. The molecule has 0 atom stereocenters. The average Bonchev–Trinajstić information content (AvgIpc) is 2.64. The highest BCUT2D eigenvalue weighted by Crippen LogP contribution is 2.15. The molecule has 0 fully saturated rings. The predicted octanol–water partition coefficient (Wildman–Crippen LogP) is 2.20. The Balaban J connectivity index is 0.000000606. The second kappa shape index (κ2) is 5.44. The molecule has 2 rings (SSSR count). The van der Waals surface area contributed by atoms with Gasteiger partial charge in [-0.25, -0.2) is 0 Å². The van der Waals surface area contributed by atoms with Crippen molar-refractivity contribution >= 4 is 11.3 Å². The Morgan fingerprint density at radius 1 is 1.25 bits per heavy atom. The van der Waals surface area contributed by atoms with E-state index in [2.05, 4.69) is 27.5 Å². The molecule has 0 saturated carbocycles. The molecule has 0 amide bonds. The fraction of sp³-hybridized carbons (Fsp3) is 0.545. The summed E-state index contributed by atoms with van der Waals surface area (Å²) >= 11 is 0. The van der Waals surface area contributed by atoms with Crippen LogP contribution in [0.15, 0.2) is 6.07 Å². The van der Waals surface area contributed by atoms with Crippen LogP contribution in [0.4, 0.5) is 5.69 Å². The Hall–Kier alpha value is -1.65. The van der Waals surface area contributed by atoms with E-state index in [0.29, 0.717) is 0 Å². The second-order valence-corrected chi connectivity index (χ2v) is 3.21. The smallest absolute Gasteiger partial charge is 0.200 e. The van der Waals surface area contributed by atoms with E-state index < -0.39 is 0 Å². The van der Waals surface area contributed by atoms with Crippen LogP contribution in [-0.4, -0.2) is 26.4 Å². The minimum absolute atomic E-state index is 0.787. The summed E-state index contributed by atoms with van der Waals surface area (Å²) in [6.45, 7) is 10.8. The average molecular weight is 221 g/mol. The summed E-state index contributed by atoms with van der Waals surface area (Å²) < 4.78 is 1.76. The Morgan fingerprint density at radius 3 is 2.56 bits per heavy atom. The number of nitrogens with zero attached hydrogens (tertiary/aromatic N) is 4. The molecule has 0 radical (unpaired) electrons. The third-order valence-electron chi connectivity index (χ3n) is 2.02. The van der Waals surface area contributed by atoms with Crippen molar-refractivity contribution in [3.05, 3.63) is 17.6 Å². The van der Waals surface area contributed by atoms with Gasteiger partial charge in [-0.3, -0.25) is 0 Å². The molecule has 0 bridgehead atoms. The first-order valence-electron chi connectivity index (χ1n) is 5.66. The molecule has 0 aliphatic rings. The molecule has 5 heteroatoms. The van der Waals surface area contributed by atoms with Crippen LogP contribution >= 0.6 is 0 Å². The molecule has 0 spiro atoms. The Bertz CT molecular complexity index is 461. The SMILES string of the molecule is CC.CCNc1cc(C)nn2c(C)nnc12. The third kappa shape index (κ3) is 2.29. The molecule has 0 aliphatic carbocycles. The van der Waals surface area contributed by atoms with Gasteiger partial charge in [0.2, 0.25) is 5.65 Å². The van der Waals surface area contributed by atoms with E-state index in [1.807, 2.05) is 33.8 Å². The molecule has 0 saturated heterocycles. The number of rotatable bonds is 2. The summed E-state index contributed by atoms with van der Waals surface area (Å²) in [5, 5.41) is 15.6. The van der Waals surface area contributed by atoms with Crippen LogP contribution in [-0.2, 0) is 0 Å². The Kier molecular flexibility index (Phi) is 4.22. The van der Waals surface area contributed by atoms with Gasteiger partial charge in [-0.05, 0) is 26.8 Å². The monoisotopic (exact) mass is 221 g/mol. The summed E-state index contributed by atoms with van der Waals surface area (Å²) in [6, 6.07) is 1.98. The van der Waals surface area contributed by atoms with E-state index >= 15 is 0 Å². The van der Waals surface area contributed by atoms with Crippen LogP contribution in [0.25, 0.3) is 5.65 Å². The fourth-order valence-corrected chi connectivity index (χ4v) is 1.43. The number of aryl methyl sites for hydroxylation is 2. The van der Waals surface area contributed by atoms with Crippen molar-refractivity contribution in [1.82, 2.24) is 19.8 Å². The summed E-state index contributed by atoms with van der Waals surface area (Å²) in [5.41, 5.74) is 2.73. The number of nitrogens with one attached hydrogen (secondary N) is 1. The van der Waals surface area contributed by atoms with Crippen molar-refractivity contribution in [3.63, 3.8) is 0 Å². The predicted molar refractivity (Wildman–Crippen MR) is 65.8 cm³/mol. The molecule has 2 aromatic heterocycles. The lowest BCUT2D eigenvalue weighted by molar-refractivity contribution is 0.851. The van der Waals surface area contributed by atoms with E-state index in [1.165, 1.54) is 0 Å². The molecule has 0 aromatic carbocycles. The van der Waals surface area contributed by atoms with Gasteiger partial charge in [0.1, 0.15) is 0 Å². The highest BCUT2D eigenvalue weighted by molar-refractivity contribution is 5.66. The normalized spacial score (nSPS) is 9.81. The van der Waals surface area contributed by atoms with E-state index in [-0.39, 0.29) is 0 Å². The van der Waals surface area contributed by atoms with Crippen LogP contribution in [0.1, 0.15) is 32.3 Å². The minimum Gasteiger partial charge on any atom is -0.382 e. The summed E-state index contributed by atoms with van der Waals surface area (Å²) in [5.74, 6) is 0.808. The van der Waals surface area contributed by atoms with Crippen molar-refractivity contribution in [2.75, 3.05) is 11.9 Å². The van der Waals surface area contributed by atoms with Crippen molar-refractivity contribution in [2.24, 2.45) is 0 Å². The zero-order valence-corrected chi connectivity index (χ0v) is 10.6. The highest BCUT2D eigenvalue weighted by atomic mass is 15.4. The Labute approximate surface area is 95.9 Å². The number of aromatic nitrogens is 4. The van der Waals surface area contributed by atoms with Crippen molar-refractivity contribution in [3.8, 4) is 0 Å². The third-order valence-corrected chi connectivity index (χ3v) is 2.02. The Morgan fingerprint density at radius 2 is 1.94 bits per heavy atom. The number of hydrogen-bond acceptors (Lipinski definition) is 4. The maximum absolute atomic E-state index is 4.33. The van der Waals surface area contributed by atoms with Gasteiger partial charge in [-0.1, -0.05) is 13.8 Å². The number of hydrogen-bond donors (Lipinski definition) is 1. The van der Waals surface area contributed by atoms with Crippen LogP contribution in [0.2, 0.25) is 0 Å². The van der Waals surface area contributed by atoms with Crippen molar-refractivity contribution < 1.29 is 0 Å². The molecule has 0 unspecified atom stereocenters. The lowest BCUT2D eigenvalue weighted by Crippen LogP contribution is -2.04. The fourth-order valence-electron chi connectivity index (χ4n) is 1.43. The first kappa shape index (κ1) is 12.4. The zero-order valence-electron chi connectivity index (χ0n) is 10.6.